The van der Waals surface area contributed by atoms with Gasteiger partial charge < -0.3 is 0 Å². The summed E-state index contributed by atoms with van der Waals surface area (Å²) in [5.74, 6) is 0.197. The summed E-state index contributed by atoms with van der Waals surface area (Å²) in [4.78, 5) is 0.361. The average Bonchev–Trinajstić information content (AvgIpc) is 3.40. The maximum absolute atomic E-state index is 12.7. The maximum Gasteiger partial charge on any atom is 0.243 e. The standard InChI is InChI=1S/C18H20NO2S.C5H5.Fe/c1-14-7-9-18(10-8-14)22(20,21)19-12-15(2)17(13-19)11-16-5-3-4-6-16;1-2-4-5-3-1;/h3-10,17H,2,11-13H2,1H3;1-5H;. The molecule has 1 aliphatic heterocycles. The zero-order chi connectivity index (χ0) is 19.3. The zero-order valence-corrected chi connectivity index (χ0v) is 17.9. The number of benzene rings is 1. The molecule has 0 aromatic heterocycles. The minimum atomic E-state index is -3.43. The van der Waals surface area contributed by atoms with Crippen LogP contribution in [0, 0.1) is 25.7 Å². The summed E-state index contributed by atoms with van der Waals surface area (Å²) < 4.78 is 27.0. The molecule has 1 aromatic carbocycles. The molecule has 2 aliphatic carbocycles. The molecule has 0 spiro atoms. The Balaban J connectivity index is 0.000000408. The predicted octanol–water partition coefficient (Wildman–Crippen LogP) is 4.58. The molecule has 0 amide bonds. The second kappa shape index (κ2) is 10.2. The van der Waals surface area contributed by atoms with Gasteiger partial charge in [-0.3, -0.25) is 0 Å². The van der Waals surface area contributed by atoms with Gasteiger partial charge in [0, 0.05) is 43.0 Å². The van der Waals surface area contributed by atoms with Crippen molar-refractivity contribution in [1.82, 2.24) is 4.31 Å². The maximum atomic E-state index is 12.7. The molecule has 2 radical (unpaired) electrons. The van der Waals surface area contributed by atoms with Crippen molar-refractivity contribution in [2.45, 2.75) is 18.2 Å². The number of rotatable bonds is 4. The molecule has 1 unspecified atom stereocenters. The summed E-state index contributed by atoms with van der Waals surface area (Å²) in [5, 5.41) is 0. The number of nitrogens with zero attached hydrogens (tertiary/aromatic N) is 1. The molecule has 148 valence electrons. The van der Waals surface area contributed by atoms with Crippen molar-refractivity contribution >= 4 is 10.0 Å². The average molecular weight is 435 g/mol. The molecule has 1 aromatic rings. The van der Waals surface area contributed by atoms with Crippen LogP contribution < -0.4 is 0 Å². The van der Waals surface area contributed by atoms with E-state index >= 15 is 0 Å². The van der Waals surface area contributed by atoms with Gasteiger partial charge in [0.15, 0.2) is 0 Å². The Morgan fingerprint density at radius 3 is 2.25 bits per heavy atom. The predicted molar refractivity (Wildman–Crippen MR) is 111 cm³/mol. The van der Waals surface area contributed by atoms with Gasteiger partial charge in [0.1, 0.15) is 0 Å². The van der Waals surface area contributed by atoms with Crippen LogP contribution in [0.2, 0.25) is 0 Å². The number of sulfonamides is 1. The molecule has 5 heteroatoms. The first kappa shape index (κ1) is 22.6. The summed E-state index contributed by atoms with van der Waals surface area (Å²) in [5.41, 5.74) is 3.29. The van der Waals surface area contributed by atoms with E-state index in [1.807, 2.05) is 62.3 Å². The van der Waals surface area contributed by atoms with Crippen molar-refractivity contribution in [2.75, 3.05) is 13.1 Å². The number of aryl methyl sites for hydroxylation is 1. The van der Waals surface area contributed by atoms with Crippen LogP contribution >= 0.6 is 0 Å². The fraction of sp³-hybridized carbons (Fsp3) is 0.217. The summed E-state index contributed by atoms with van der Waals surface area (Å²) >= 11 is 0. The van der Waals surface area contributed by atoms with E-state index in [2.05, 4.69) is 18.7 Å². The van der Waals surface area contributed by atoms with E-state index < -0.39 is 10.0 Å². The third-order valence-electron chi connectivity index (χ3n) is 4.81. The third kappa shape index (κ3) is 5.68. The summed E-state index contributed by atoms with van der Waals surface area (Å²) in [6.45, 7) is 6.96. The Morgan fingerprint density at radius 1 is 1.04 bits per heavy atom. The topological polar surface area (TPSA) is 37.4 Å². The van der Waals surface area contributed by atoms with Crippen molar-refractivity contribution in [3.63, 3.8) is 0 Å². The van der Waals surface area contributed by atoms with Gasteiger partial charge in [-0.2, -0.15) is 4.31 Å². The van der Waals surface area contributed by atoms with Gasteiger partial charge in [-0.1, -0.05) is 78.0 Å². The molecule has 1 heterocycles. The molecule has 0 N–H and O–H groups in total. The van der Waals surface area contributed by atoms with E-state index in [1.54, 1.807) is 16.4 Å². The molecule has 4 rings (SSSR count). The smallest absolute Gasteiger partial charge is 0.207 e. The van der Waals surface area contributed by atoms with Crippen LogP contribution in [0.25, 0.3) is 0 Å². The van der Waals surface area contributed by atoms with Crippen molar-refractivity contribution in [1.29, 1.82) is 0 Å². The Kier molecular flexibility index (Phi) is 8.26. The van der Waals surface area contributed by atoms with Crippen LogP contribution in [0.1, 0.15) is 12.0 Å². The summed E-state index contributed by atoms with van der Waals surface area (Å²) in [7, 11) is -3.43. The fourth-order valence-corrected chi connectivity index (χ4v) is 4.69. The van der Waals surface area contributed by atoms with E-state index in [4.69, 9.17) is 0 Å². The fourth-order valence-electron chi connectivity index (χ4n) is 3.20. The first-order valence-electron chi connectivity index (χ1n) is 9.08. The molecule has 1 atom stereocenters. The second-order valence-electron chi connectivity index (χ2n) is 6.93. The van der Waals surface area contributed by atoms with Gasteiger partial charge in [-0.15, -0.1) is 0 Å². The van der Waals surface area contributed by atoms with Gasteiger partial charge >= 0.3 is 0 Å². The molecule has 1 fully saturated rings. The number of hydrogen-bond donors (Lipinski definition) is 0. The third-order valence-corrected chi connectivity index (χ3v) is 6.63. The SMILES string of the molecule is C=C1CN(S(=O)(=O)c2ccc(C)cc2)CC1CC1=C[CH]C=C1.[CH]1C=CC=C1.[Fe]. The molecule has 3 aliphatic rings. The molecule has 28 heavy (non-hydrogen) atoms. The normalized spacial score (nSPS) is 20.7. The molecular weight excluding hydrogens is 410 g/mol. The Labute approximate surface area is 179 Å². The van der Waals surface area contributed by atoms with E-state index in [0.29, 0.717) is 18.0 Å². The Hall–Kier alpha value is -1.65. The van der Waals surface area contributed by atoms with Crippen LogP contribution in [-0.4, -0.2) is 25.8 Å². The first-order chi connectivity index (χ1) is 13.0. The van der Waals surface area contributed by atoms with Crippen molar-refractivity contribution in [2.24, 2.45) is 5.92 Å². The number of hydrogen-bond acceptors (Lipinski definition) is 2. The van der Waals surface area contributed by atoms with Crippen LogP contribution in [-0.2, 0) is 27.1 Å². The Morgan fingerprint density at radius 2 is 1.71 bits per heavy atom. The monoisotopic (exact) mass is 435 g/mol. The molecule has 0 saturated carbocycles. The quantitative estimate of drug-likeness (QED) is 0.513. The van der Waals surface area contributed by atoms with Gasteiger partial charge in [0.25, 0.3) is 0 Å². The van der Waals surface area contributed by atoms with Crippen LogP contribution in [0.4, 0.5) is 0 Å². The molecule has 1 saturated heterocycles. The van der Waals surface area contributed by atoms with Gasteiger partial charge in [0.2, 0.25) is 10.0 Å². The minimum Gasteiger partial charge on any atom is -0.207 e. The van der Waals surface area contributed by atoms with Gasteiger partial charge in [-0.05, 0) is 31.4 Å². The Bertz CT molecular complexity index is 898. The summed E-state index contributed by atoms with van der Waals surface area (Å²) in [6.07, 6.45) is 19.0. The first-order valence-corrected chi connectivity index (χ1v) is 10.5. The van der Waals surface area contributed by atoms with Crippen LogP contribution in [0.15, 0.2) is 89.4 Å². The molecule has 0 bridgehead atoms. The van der Waals surface area contributed by atoms with Crippen molar-refractivity contribution in [3.8, 4) is 0 Å². The zero-order valence-electron chi connectivity index (χ0n) is 15.9. The molecular formula is C23H25FeNO2S. The second-order valence-corrected chi connectivity index (χ2v) is 8.86. The largest absolute Gasteiger partial charge is 0.243 e. The van der Waals surface area contributed by atoms with E-state index in [9.17, 15) is 8.42 Å². The van der Waals surface area contributed by atoms with Crippen LogP contribution in [0.5, 0.6) is 0 Å². The molecule has 3 nitrogen and oxygen atoms in total. The minimum absolute atomic E-state index is 0. The van der Waals surface area contributed by atoms with E-state index in [0.717, 1.165) is 17.6 Å². The van der Waals surface area contributed by atoms with Gasteiger partial charge in [-0.25, -0.2) is 8.42 Å². The number of allylic oxidation sites excluding steroid dienone is 8. The summed E-state index contributed by atoms with van der Waals surface area (Å²) in [6, 6.07) is 7.02. The van der Waals surface area contributed by atoms with Crippen molar-refractivity contribution in [3.05, 3.63) is 103 Å². The van der Waals surface area contributed by atoms with Gasteiger partial charge in [0.05, 0.1) is 4.90 Å². The van der Waals surface area contributed by atoms with Crippen LogP contribution in [0.3, 0.4) is 0 Å². The van der Waals surface area contributed by atoms with E-state index in [-0.39, 0.29) is 23.0 Å². The van der Waals surface area contributed by atoms with Crippen molar-refractivity contribution < 1.29 is 25.5 Å². The van der Waals surface area contributed by atoms with E-state index in [1.165, 1.54) is 5.57 Å².